The van der Waals surface area contributed by atoms with Crippen LogP contribution in [0.2, 0.25) is 0 Å². The smallest absolute Gasteiger partial charge is 0.325 e. The summed E-state index contributed by atoms with van der Waals surface area (Å²) in [5.74, 6) is 1.28. The molecule has 1 N–H and O–H groups in total. The molecule has 2 heterocycles. The van der Waals surface area contributed by atoms with Gasteiger partial charge in [0.05, 0.1) is 12.2 Å². The van der Waals surface area contributed by atoms with Crippen LogP contribution >= 0.6 is 0 Å². The second-order valence-corrected chi connectivity index (χ2v) is 7.74. The maximum absolute atomic E-state index is 12.1. The van der Waals surface area contributed by atoms with Gasteiger partial charge in [-0.3, -0.25) is 9.69 Å². The zero-order chi connectivity index (χ0) is 18.1. The largest absolute Gasteiger partial charge is 0.491 e. The first-order chi connectivity index (χ1) is 12.5. The molecule has 5 rings (SSSR count). The van der Waals surface area contributed by atoms with E-state index in [-0.39, 0.29) is 29.5 Å². The molecule has 26 heavy (non-hydrogen) atoms. The second-order valence-electron chi connectivity index (χ2n) is 7.74. The van der Waals surface area contributed by atoms with Gasteiger partial charge in [0.1, 0.15) is 29.7 Å². The quantitative estimate of drug-likeness (QED) is 0.837. The summed E-state index contributed by atoms with van der Waals surface area (Å²) < 4.78 is 12.0. The fraction of sp³-hybridized carbons (Fsp3) is 0.526. The number of imide groups is 1. The Bertz CT molecular complexity index is 864. The fourth-order valence-electron chi connectivity index (χ4n) is 4.23. The number of hydrogen-bond donors (Lipinski definition) is 1. The highest BCUT2D eigenvalue weighted by molar-refractivity contribution is 6.04. The topological polar surface area (TPSA) is 91.7 Å². The number of fused-ring (bicyclic) bond motifs is 2. The van der Waals surface area contributed by atoms with Crippen molar-refractivity contribution in [2.45, 2.75) is 56.2 Å². The zero-order valence-corrected chi connectivity index (χ0v) is 14.4. The molecule has 4 aliphatic rings. The van der Waals surface area contributed by atoms with Crippen LogP contribution in [0.1, 0.15) is 43.7 Å². The molecular weight excluding hydrogens is 334 g/mol. The highest BCUT2D eigenvalue weighted by Crippen LogP contribution is 2.59. The summed E-state index contributed by atoms with van der Waals surface area (Å²) >= 11 is 0. The first kappa shape index (κ1) is 15.5. The van der Waals surface area contributed by atoms with Gasteiger partial charge < -0.3 is 14.8 Å². The SMILES string of the molecule is C[C@@H]1NC(=O)N(C2CC(Oc3ccc(C#N)c4c3C3(CC3)CO4)C2)C1=O. The molecule has 0 aromatic heterocycles. The summed E-state index contributed by atoms with van der Waals surface area (Å²) in [6.45, 7) is 2.31. The van der Waals surface area contributed by atoms with Gasteiger partial charge in [0.25, 0.3) is 5.91 Å². The van der Waals surface area contributed by atoms with Crippen molar-refractivity contribution in [1.29, 1.82) is 5.26 Å². The van der Waals surface area contributed by atoms with Crippen LogP contribution in [-0.4, -0.2) is 41.6 Å². The summed E-state index contributed by atoms with van der Waals surface area (Å²) in [4.78, 5) is 25.3. The van der Waals surface area contributed by atoms with E-state index in [1.807, 2.05) is 6.07 Å². The fourth-order valence-corrected chi connectivity index (χ4v) is 4.23. The Kier molecular flexibility index (Phi) is 3.06. The third kappa shape index (κ3) is 2.05. The summed E-state index contributed by atoms with van der Waals surface area (Å²) in [6.07, 6.45) is 3.34. The lowest BCUT2D eigenvalue weighted by Crippen LogP contribution is -2.52. The minimum atomic E-state index is -0.448. The van der Waals surface area contributed by atoms with Crippen molar-refractivity contribution in [2.75, 3.05) is 6.61 Å². The van der Waals surface area contributed by atoms with Crippen molar-refractivity contribution in [1.82, 2.24) is 10.2 Å². The van der Waals surface area contributed by atoms with Crippen LogP contribution in [0, 0.1) is 11.3 Å². The zero-order valence-electron chi connectivity index (χ0n) is 14.4. The minimum Gasteiger partial charge on any atom is -0.491 e. The average molecular weight is 353 g/mol. The highest BCUT2D eigenvalue weighted by atomic mass is 16.5. The van der Waals surface area contributed by atoms with E-state index in [4.69, 9.17) is 9.47 Å². The third-order valence-corrected chi connectivity index (χ3v) is 6.01. The maximum Gasteiger partial charge on any atom is 0.325 e. The van der Waals surface area contributed by atoms with Gasteiger partial charge in [-0.15, -0.1) is 0 Å². The van der Waals surface area contributed by atoms with E-state index in [2.05, 4.69) is 11.4 Å². The van der Waals surface area contributed by atoms with Crippen LogP contribution in [-0.2, 0) is 10.2 Å². The monoisotopic (exact) mass is 353 g/mol. The molecule has 7 heteroatoms. The Morgan fingerprint density at radius 3 is 2.73 bits per heavy atom. The number of benzene rings is 1. The Balaban J connectivity index is 1.33. The Morgan fingerprint density at radius 1 is 1.35 bits per heavy atom. The number of hydrogen-bond acceptors (Lipinski definition) is 5. The van der Waals surface area contributed by atoms with Crippen LogP contribution in [0.15, 0.2) is 12.1 Å². The van der Waals surface area contributed by atoms with Crippen LogP contribution in [0.5, 0.6) is 11.5 Å². The number of ether oxygens (including phenoxy) is 2. The number of nitrogens with one attached hydrogen (secondary N) is 1. The molecule has 0 unspecified atom stereocenters. The highest BCUT2D eigenvalue weighted by Gasteiger charge is 2.54. The van der Waals surface area contributed by atoms with Crippen molar-refractivity contribution in [3.8, 4) is 17.6 Å². The molecule has 2 aliphatic carbocycles. The van der Waals surface area contributed by atoms with E-state index in [9.17, 15) is 14.9 Å². The lowest BCUT2D eigenvalue weighted by Gasteiger charge is -2.39. The van der Waals surface area contributed by atoms with E-state index in [1.54, 1.807) is 13.0 Å². The summed E-state index contributed by atoms with van der Waals surface area (Å²) in [5, 5.41) is 11.9. The molecular formula is C19H19N3O4. The van der Waals surface area contributed by atoms with Crippen molar-refractivity contribution in [3.05, 3.63) is 23.3 Å². The van der Waals surface area contributed by atoms with Gasteiger partial charge in [0.15, 0.2) is 0 Å². The molecule has 2 saturated carbocycles. The number of urea groups is 1. The van der Waals surface area contributed by atoms with E-state index in [0.717, 1.165) is 24.2 Å². The minimum absolute atomic E-state index is 0.0148. The van der Waals surface area contributed by atoms with Crippen molar-refractivity contribution in [3.63, 3.8) is 0 Å². The molecule has 2 aliphatic heterocycles. The standard InChI is InChI=1S/C19H19N3O4/c1-10-17(23)22(18(24)21-10)12-6-13(7-12)26-14-3-2-11(8-20)16-15(14)19(4-5-19)9-25-16/h2-3,10,12-13H,4-7,9H2,1H3,(H,21,24)/t10-,12?,13?/m0/s1. The van der Waals surface area contributed by atoms with Crippen LogP contribution in [0.25, 0.3) is 0 Å². The lowest BCUT2D eigenvalue weighted by molar-refractivity contribution is -0.131. The van der Waals surface area contributed by atoms with Crippen molar-refractivity contribution < 1.29 is 19.1 Å². The molecule has 1 atom stereocenters. The van der Waals surface area contributed by atoms with Gasteiger partial charge in [-0.1, -0.05) is 0 Å². The molecule has 0 radical (unpaired) electrons. The molecule has 3 amide bonds. The van der Waals surface area contributed by atoms with Gasteiger partial charge >= 0.3 is 6.03 Å². The first-order valence-electron chi connectivity index (χ1n) is 9.03. The van der Waals surface area contributed by atoms with E-state index in [0.29, 0.717) is 30.8 Å². The summed E-state index contributed by atoms with van der Waals surface area (Å²) in [6, 6.07) is 4.93. The Hall–Kier alpha value is -2.75. The van der Waals surface area contributed by atoms with E-state index in [1.165, 1.54) is 4.90 Å². The Labute approximate surface area is 150 Å². The molecule has 3 fully saturated rings. The predicted octanol–water partition coefficient (Wildman–Crippen LogP) is 1.83. The van der Waals surface area contributed by atoms with Gasteiger partial charge in [0.2, 0.25) is 0 Å². The number of nitriles is 1. The third-order valence-electron chi connectivity index (χ3n) is 6.01. The lowest BCUT2D eigenvalue weighted by atomic mass is 9.87. The number of amides is 3. The molecule has 134 valence electrons. The molecule has 1 saturated heterocycles. The molecule has 0 bridgehead atoms. The number of carbonyl (C=O) groups excluding carboxylic acids is 2. The van der Waals surface area contributed by atoms with Crippen LogP contribution < -0.4 is 14.8 Å². The van der Waals surface area contributed by atoms with Crippen LogP contribution in [0.3, 0.4) is 0 Å². The molecule has 1 aromatic rings. The molecule has 1 aromatic carbocycles. The molecule has 1 spiro atoms. The number of nitrogens with zero attached hydrogens (tertiary/aromatic N) is 2. The summed E-state index contributed by atoms with van der Waals surface area (Å²) in [7, 11) is 0. The first-order valence-corrected chi connectivity index (χ1v) is 9.03. The van der Waals surface area contributed by atoms with Crippen molar-refractivity contribution in [2.24, 2.45) is 0 Å². The maximum atomic E-state index is 12.1. The van der Waals surface area contributed by atoms with Crippen LogP contribution in [0.4, 0.5) is 4.79 Å². The van der Waals surface area contributed by atoms with Gasteiger partial charge in [-0.25, -0.2) is 4.79 Å². The molecule has 7 nitrogen and oxygen atoms in total. The number of carbonyl (C=O) groups is 2. The van der Waals surface area contributed by atoms with E-state index >= 15 is 0 Å². The average Bonchev–Trinajstić information content (AvgIpc) is 3.20. The second kappa shape index (κ2) is 5.13. The Morgan fingerprint density at radius 2 is 2.12 bits per heavy atom. The van der Waals surface area contributed by atoms with Gasteiger partial charge in [-0.05, 0) is 31.9 Å². The van der Waals surface area contributed by atoms with Gasteiger partial charge in [0, 0.05) is 29.9 Å². The van der Waals surface area contributed by atoms with Gasteiger partial charge in [-0.2, -0.15) is 5.26 Å². The predicted molar refractivity (Wildman–Crippen MR) is 89.8 cm³/mol. The number of rotatable bonds is 3. The summed E-state index contributed by atoms with van der Waals surface area (Å²) in [5.41, 5.74) is 1.60. The van der Waals surface area contributed by atoms with E-state index < -0.39 is 6.04 Å². The normalized spacial score (nSPS) is 30.3. The van der Waals surface area contributed by atoms with Crippen molar-refractivity contribution >= 4 is 11.9 Å².